The van der Waals surface area contributed by atoms with E-state index in [0.29, 0.717) is 16.5 Å². The number of hydrogen-bond donors (Lipinski definition) is 1. The number of halogens is 2. The van der Waals surface area contributed by atoms with Crippen molar-refractivity contribution in [2.45, 2.75) is 0 Å². The molecule has 1 N–H and O–H groups in total. The number of nitrogens with zero attached hydrogens (tertiary/aromatic N) is 2. The molecule has 0 radical (unpaired) electrons. The van der Waals surface area contributed by atoms with Gasteiger partial charge in [0, 0.05) is 16.8 Å². The van der Waals surface area contributed by atoms with Gasteiger partial charge in [-0.3, -0.25) is 19.9 Å². The zero-order valence-electron chi connectivity index (χ0n) is 14.0. The second-order valence-corrected chi connectivity index (χ2v) is 6.84. The van der Waals surface area contributed by atoms with Crippen LogP contribution in [0.5, 0.6) is 5.75 Å². The highest BCUT2D eigenvalue weighted by Crippen LogP contribution is 2.29. The molecular formula is C18H13BrClN3O4. The molecule has 1 aliphatic heterocycles. The zero-order chi connectivity index (χ0) is 19.6. The lowest BCUT2D eigenvalue weighted by Gasteiger charge is -2.28. The monoisotopic (exact) mass is 449 g/mol. The number of amides is 4. The normalized spacial score (nSPS) is 17.4. The number of anilines is 1. The largest absolute Gasteiger partial charge is 0.497 e. The number of ether oxygens (including phenoxy) is 1. The van der Waals surface area contributed by atoms with E-state index >= 15 is 0 Å². The number of methoxy groups -OCH3 is 1. The molecule has 0 bridgehead atoms. The quantitative estimate of drug-likeness (QED) is 0.568. The van der Waals surface area contributed by atoms with E-state index < -0.39 is 23.8 Å². The molecule has 7 nitrogen and oxygen atoms in total. The Balaban J connectivity index is 1.91. The van der Waals surface area contributed by atoms with Crippen molar-refractivity contribution < 1.29 is 19.1 Å². The van der Waals surface area contributed by atoms with E-state index in [-0.39, 0.29) is 5.69 Å². The van der Waals surface area contributed by atoms with E-state index in [2.05, 4.69) is 26.2 Å². The van der Waals surface area contributed by atoms with Crippen molar-refractivity contribution in [3.63, 3.8) is 0 Å². The molecule has 1 fully saturated rings. The fourth-order valence-electron chi connectivity index (χ4n) is 2.46. The molecule has 0 saturated carbocycles. The number of imide groups is 2. The zero-order valence-corrected chi connectivity index (χ0v) is 16.3. The van der Waals surface area contributed by atoms with Crippen LogP contribution in [-0.4, -0.2) is 31.2 Å². The molecule has 1 heterocycles. The Morgan fingerprint density at radius 3 is 2.70 bits per heavy atom. The van der Waals surface area contributed by atoms with Crippen molar-refractivity contribution in [3.05, 3.63) is 52.0 Å². The summed E-state index contributed by atoms with van der Waals surface area (Å²) in [4.78, 5) is 42.1. The lowest BCUT2D eigenvalue weighted by Crippen LogP contribution is -2.58. The minimum Gasteiger partial charge on any atom is -0.497 e. The van der Waals surface area contributed by atoms with Crippen LogP contribution in [0, 0.1) is 5.92 Å². The Kier molecular flexibility index (Phi) is 5.57. The first-order valence-electron chi connectivity index (χ1n) is 7.73. The third-order valence-corrected chi connectivity index (χ3v) is 4.58. The Labute approximate surface area is 168 Å². The summed E-state index contributed by atoms with van der Waals surface area (Å²) in [5, 5.41) is 2.51. The molecule has 0 aliphatic carbocycles. The second kappa shape index (κ2) is 7.89. The molecule has 0 aromatic heterocycles. The average molecular weight is 451 g/mol. The first-order chi connectivity index (χ1) is 12.9. The SMILES string of the molecule is COc1cccc(N2C(=O)NC(=O)[C@H](C=Nc3ccc(Br)cc3Cl)C2=O)c1. The van der Waals surface area contributed by atoms with Crippen molar-refractivity contribution in [1.82, 2.24) is 5.32 Å². The molecule has 0 spiro atoms. The van der Waals surface area contributed by atoms with Gasteiger partial charge in [0.05, 0.1) is 23.5 Å². The minimum absolute atomic E-state index is 0.282. The van der Waals surface area contributed by atoms with Crippen molar-refractivity contribution in [2.24, 2.45) is 10.9 Å². The van der Waals surface area contributed by atoms with Crippen LogP contribution in [0.3, 0.4) is 0 Å². The highest BCUT2D eigenvalue weighted by molar-refractivity contribution is 9.10. The third kappa shape index (κ3) is 4.01. The summed E-state index contributed by atoms with van der Waals surface area (Å²) in [5.74, 6) is -2.26. The lowest BCUT2D eigenvalue weighted by molar-refractivity contribution is -0.131. The van der Waals surface area contributed by atoms with Crippen LogP contribution in [0.4, 0.5) is 16.2 Å². The molecule has 0 unspecified atom stereocenters. The van der Waals surface area contributed by atoms with Crippen LogP contribution >= 0.6 is 27.5 Å². The van der Waals surface area contributed by atoms with Crippen molar-refractivity contribution >= 4 is 63.0 Å². The number of aliphatic imine (C=N–C) groups is 1. The van der Waals surface area contributed by atoms with Gasteiger partial charge in [-0.1, -0.05) is 33.6 Å². The highest BCUT2D eigenvalue weighted by Gasteiger charge is 2.40. The van der Waals surface area contributed by atoms with Crippen molar-refractivity contribution in [2.75, 3.05) is 12.0 Å². The summed E-state index contributed by atoms with van der Waals surface area (Å²) in [6.45, 7) is 0. The summed E-state index contributed by atoms with van der Waals surface area (Å²) in [7, 11) is 1.47. The van der Waals surface area contributed by atoms with E-state index in [9.17, 15) is 14.4 Å². The number of rotatable bonds is 4. The molecule has 2 aromatic carbocycles. The van der Waals surface area contributed by atoms with Crippen LogP contribution in [0.15, 0.2) is 51.9 Å². The molecule has 9 heteroatoms. The topological polar surface area (TPSA) is 88.1 Å². The molecule has 2 aromatic rings. The van der Waals surface area contributed by atoms with Gasteiger partial charge < -0.3 is 4.74 Å². The fourth-order valence-corrected chi connectivity index (χ4v) is 3.18. The van der Waals surface area contributed by atoms with Gasteiger partial charge in [-0.05, 0) is 30.3 Å². The van der Waals surface area contributed by atoms with Gasteiger partial charge in [0.25, 0.3) is 5.91 Å². The molecular weight excluding hydrogens is 438 g/mol. The van der Waals surface area contributed by atoms with Gasteiger partial charge >= 0.3 is 6.03 Å². The predicted molar refractivity (Wildman–Crippen MR) is 105 cm³/mol. The maximum atomic E-state index is 12.8. The molecule has 1 aliphatic rings. The first-order valence-corrected chi connectivity index (χ1v) is 8.90. The van der Waals surface area contributed by atoms with Crippen molar-refractivity contribution in [3.8, 4) is 5.75 Å². The number of urea groups is 1. The van der Waals surface area contributed by atoms with Gasteiger partial charge in [0.15, 0.2) is 5.92 Å². The Bertz CT molecular complexity index is 963. The smallest absolute Gasteiger partial charge is 0.335 e. The van der Waals surface area contributed by atoms with Crippen LogP contribution < -0.4 is 15.0 Å². The van der Waals surface area contributed by atoms with E-state index in [1.807, 2.05) is 0 Å². The summed E-state index contributed by atoms with van der Waals surface area (Å²) < 4.78 is 5.88. The van der Waals surface area contributed by atoms with E-state index in [1.165, 1.54) is 19.4 Å². The van der Waals surface area contributed by atoms with Crippen molar-refractivity contribution in [1.29, 1.82) is 0 Å². The van der Waals surface area contributed by atoms with E-state index in [0.717, 1.165) is 9.37 Å². The number of barbiturate groups is 1. The van der Waals surface area contributed by atoms with E-state index in [1.54, 1.807) is 36.4 Å². The summed E-state index contributed by atoms with van der Waals surface area (Å²) >= 11 is 9.38. The molecule has 3 rings (SSSR count). The van der Waals surface area contributed by atoms with Crippen LogP contribution in [0.1, 0.15) is 0 Å². The van der Waals surface area contributed by atoms with Gasteiger partial charge in [-0.15, -0.1) is 0 Å². The average Bonchev–Trinajstić information content (AvgIpc) is 2.63. The Morgan fingerprint density at radius 1 is 1.22 bits per heavy atom. The maximum Gasteiger partial charge on any atom is 0.335 e. The first kappa shape index (κ1) is 19.1. The van der Waals surface area contributed by atoms with Gasteiger partial charge in [0.1, 0.15) is 5.75 Å². The Hall–Kier alpha value is -2.71. The van der Waals surface area contributed by atoms with Crippen LogP contribution in [0.2, 0.25) is 5.02 Å². The Morgan fingerprint density at radius 2 is 2.00 bits per heavy atom. The van der Waals surface area contributed by atoms with Gasteiger partial charge in [-0.2, -0.15) is 0 Å². The highest BCUT2D eigenvalue weighted by atomic mass is 79.9. The number of hydrogen-bond acceptors (Lipinski definition) is 5. The minimum atomic E-state index is -1.27. The lowest BCUT2D eigenvalue weighted by atomic mass is 10.1. The van der Waals surface area contributed by atoms with Gasteiger partial charge in [0.2, 0.25) is 5.91 Å². The molecule has 27 heavy (non-hydrogen) atoms. The standard InChI is InChI=1S/C18H13BrClN3O4/c1-27-12-4-2-3-11(8-12)23-17(25)13(16(24)22-18(23)26)9-21-15-6-5-10(19)7-14(15)20/h2-9,13H,1H3,(H,22,24,26)/t13-/m0/s1. The number of benzene rings is 2. The molecule has 138 valence electrons. The summed E-state index contributed by atoms with van der Waals surface area (Å²) in [5.41, 5.74) is 0.676. The maximum absolute atomic E-state index is 12.8. The number of carbonyl (C=O) groups is 3. The summed E-state index contributed by atoms with van der Waals surface area (Å²) in [6.07, 6.45) is 1.17. The van der Waals surface area contributed by atoms with E-state index in [4.69, 9.17) is 16.3 Å². The number of nitrogens with one attached hydrogen (secondary N) is 1. The second-order valence-electron chi connectivity index (χ2n) is 5.52. The number of carbonyl (C=O) groups excluding carboxylic acids is 3. The van der Waals surface area contributed by atoms with Crippen LogP contribution in [0.25, 0.3) is 0 Å². The summed E-state index contributed by atoms with van der Waals surface area (Å²) in [6, 6.07) is 10.6. The molecule has 1 saturated heterocycles. The van der Waals surface area contributed by atoms with Crippen LogP contribution in [-0.2, 0) is 9.59 Å². The third-order valence-electron chi connectivity index (χ3n) is 3.79. The fraction of sp³-hybridized carbons (Fsp3) is 0.111. The predicted octanol–water partition coefficient (Wildman–Crippen LogP) is 3.71. The molecule has 1 atom stereocenters. The van der Waals surface area contributed by atoms with Gasteiger partial charge in [-0.25, -0.2) is 9.69 Å². The molecule has 4 amide bonds.